The Bertz CT molecular complexity index is 1180. The number of aryl methyl sites for hydroxylation is 1. The Labute approximate surface area is 190 Å². The van der Waals surface area contributed by atoms with E-state index in [9.17, 15) is 14.4 Å². The maximum atomic E-state index is 12.4. The van der Waals surface area contributed by atoms with Crippen molar-refractivity contribution in [2.45, 2.75) is 6.92 Å². The summed E-state index contributed by atoms with van der Waals surface area (Å²) in [7, 11) is 1.27. The minimum atomic E-state index is -0.532. The number of carbonyl (C=O) groups is 3. The summed E-state index contributed by atoms with van der Waals surface area (Å²) < 4.78 is 4.67. The fourth-order valence-electron chi connectivity index (χ4n) is 2.91. The highest BCUT2D eigenvalue weighted by Crippen LogP contribution is 2.20. The zero-order valence-electron chi connectivity index (χ0n) is 17.5. The first-order chi connectivity index (χ1) is 15.4. The zero-order chi connectivity index (χ0) is 23.1. The van der Waals surface area contributed by atoms with E-state index in [2.05, 4.69) is 20.7 Å². The van der Waals surface area contributed by atoms with Gasteiger partial charge < -0.3 is 15.4 Å². The molecule has 0 unspecified atom stereocenters. The number of hydrogen-bond donors (Lipinski definition) is 3. The molecule has 0 aliphatic rings. The lowest BCUT2D eigenvalue weighted by Crippen LogP contribution is -2.34. The Hall–Kier alpha value is -4.04. The van der Waals surface area contributed by atoms with E-state index in [1.807, 2.05) is 13.0 Å². The van der Waals surface area contributed by atoms with E-state index in [-0.39, 0.29) is 22.1 Å². The van der Waals surface area contributed by atoms with Crippen molar-refractivity contribution in [1.82, 2.24) is 5.32 Å². The van der Waals surface area contributed by atoms with Gasteiger partial charge in [-0.25, -0.2) is 4.79 Å². The van der Waals surface area contributed by atoms with Crippen LogP contribution in [0.1, 0.15) is 36.6 Å². The van der Waals surface area contributed by atoms with Gasteiger partial charge >= 0.3 is 5.97 Å². The summed E-state index contributed by atoms with van der Waals surface area (Å²) >= 11 is 5.23. The Morgan fingerprint density at radius 1 is 0.781 bits per heavy atom. The van der Waals surface area contributed by atoms with Crippen molar-refractivity contribution in [3.63, 3.8) is 0 Å². The first-order valence-electron chi connectivity index (χ1n) is 9.65. The number of amides is 2. The largest absolute Gasteiger partial charge is 0.465 e. The maximum Gasteiger partial charge on any atom is 0.337 e. The molecule has 8 heteroatoms. The van der Waals surface area contributed by atoms with Gasteiger partial charge in [0.1, 0.15) is 0 Å². The highest BCUT2D eigenvalue weighted by atomic mass is 32.1. The van der Waals surface area contributed by atoms with E-state index in [1.54, 1.807) is 60.7 Å². The van der Waals surface area contributed by atoms with Gasteiger partial charge in [-0.05, 0) is 73.2 Å². The molecule has 0 atom stereocenters. The minimum Gasteiger partial charge on any atom is -0.465 e. The maximum absolute atomic E-state index is 12.4. The van der Waals surface area contributed by atoms with Crippen molar-refractivity contribution in [3.8, 4) is 0 Å². The molecular weight excluding hydrogens is 426 g/mol. The third-order valence-corrected chi connectivity index (χ3v) is 4.75. The lowest BCUT2D eigenvalue weighted by molar-refractivity contribution is 0.0600. The van der Waals surface area contributed by atoms with Crippen LogP contribution in [0.4, 0.5) is 11.4 Å². The van der Waals surface area contributed by atoms with Gasteiger partial charge in [0.15, 0.2) is 5.11 Å². The summed E-state index contributed by atoms with van der Waals surface area (Å²) in [5.41, 5.74) is 3.23. The second-order valence-electron chi connectivity index (χ2n) is 6.83. The molecule has 0 saturated carbocycles. The summed E-state index contributed by atoms with van der Waals surface area (Å²) in [6.07, 6.45) is 0. The Balaban J connectivity index is 1.62. The molecular formula is C24H21N3O4S. The van der Waals surface area contributed by atoms with Crippen molar-refractivity contribution in [1.29, 1.82) is 0 Å². The molecule has 2 amide bonds. The standard InChI is InChI=1S/C24H21N3O4S/c1-15-13-19(11-12-20(15)26-21(28)16-7-4-3-5-8-16)25-24(32)27-22(29)17-9-6-10-18(14-17)23(30)31-2/h3-14H,1-2H3,(H,26,28)(H2,25,27,29,32). The van der Waals surface area contributed by atoms with Crippen molar-refractivity contribution < 1.29 is 19.1 Å². The van der Waals surface area contributed by atoms with Gasteiger partial charge in [-0.1, -0.05) is 24.3 Å². The van der Waals surface area contributed by atoms with Crippen molar-refractivity contribution in [2.75, 3.05) is 17.7 Å². The molecule has 7 nitrogen and oxygen atoms in total. The fourth-order valence-corrected chi connectivity index (χ4v) is 3.12. The van der Waals surface area contributed by atoms with Crippen LogP contribution in [0.2, 0.25) is 0 Å². The van der Waals surface area contributed by atoms with Crippen LogP contribution in [-0.2, 0) is 4.74 Å². The van der Waals surface area contributed by atoms with Crippen LogP contribution in [0.25, 0.3) is 0 Å². The number of hydrogen-bond acceptors (Lipinski definition) is 5. The van der Waals surface area contributed by atoms with Gasteiger partial charge in [0.2, 0.25) is 0 Å². The number of carbonyl (C=O) groups excluding carboxylic acids is 3. The molecule has 0 bridgehead atoms. The SMILES string of the molecule is COC(=O)c1cccc(C(=O)NC(=S)Nc2ccc(NC(=O)c3ccccc3)c(C)c2)c1. The molecule has 0 aliphatic carbocycles. The Morgan fingerprint density at radius 3 is 2.16 bits per heavy atom. The van der Waals surface area contributed by atoms with Crippen LogP contribution >= 0.6 is 12.2 Å². The summed E-state index contributed by atoms with van der Waals surface area (Å²) in [5, 5.41) is 8.48. The number of benzene rings is 3. The average Bonchev–Trinajstić information content (AvgIpc) is 2.80. The van der Waals surface area contributed by atoms with Crippen LogP contribution in [0.5, 0.6) is 0 Å². The molecule has 3 rings (SSSR count). The first kappa shape index (κ1) is 22.6. The lowest BCUT2D eigenvalue weighted by Gasteiger charge is -2.13. The topological polar surface area (TPSA) is 96.5 Å². The average molecular weight is 448 g/mol. The van der Waals surface area contributed by atoms with E-state index in [0.29, 0.717) is 16.9 Å². The van der Waals surface area contributed by atoms with Crippen molar-refractivity contribution >= 4 is 46.5 Å². The molecule has 0 radical (unpaired) electrons. The molecule has 3 aromatic rings. The van der Waals surface area contributed by atoms with Crippen molar-refractivity contribution in [2.24, 2.45) is 0 Å². The van der Waals surface area contributed by atoms with Gasteiger partial charge in [-0.3, -0.25) is 14.9 Å². The summed E-state index contributed by atoms with van der Waals surface area (Å²) in [4.78, 5) is 36.4. The number of esters is 1. The van der Waals surface area contributed by atoms with Gasteiger partial charge in [0, 0.05) is 22.5 Å². The van der Waals surface area contributed by atoms with Gasteiger partial charge in [0.05, 0.1) is 12.7 Å². The minimum absolute atomic E-state index is 0.0962. The van der Waals surface area contributed by atoms with E-state index in [0.717, 1.165) is 5.56 Å². The molecule has 0 spiro atoms. The van der Waals surface area contributed by atoms with Gasteiger partial charge in [-0.15, -0.1) is 0 Å². The number of rotatable bonds is 5. The van der Waals surface area contributed by atoms with E-state index >= 15 is 0 Å². The number of nitrogens with one attached hydrogen (secondary N) is 3. The van der Waals surface area contributed by atoms with Crippen LogP contribution in [-0.4, -0.2) is 30.0 Å². The van der Waals surface area contributed by atoms with Crippen LogP contribution in [0.3, 0.4) is 0 Å². The van der Waals surface area contributed by atoms with Gasteiger partial charge in [0.25, 0.3) is 11.8 Å². The summed E-state index contributed by atoms with van der Waals surface area (Å²) in [5.74, 6) is -1.20. The second-order valence-corrected chi connectivity index (χ2v) is 7.24. The van der Waals surface area contributed by atoms with E-state index < -0.39 is 11.9 Å². The van der Waals surface area contributed by atoms with Crippen LogP contribution in [0.15, 0.2) is 72.8 Å². The third kappa shape index (κ3) is 5.77. The molecule has 0 heterocycles. The van der Waals surface area contributed by atoms with E-state index in [1.165, 1.54) is 13.2 Å². The van der Waals surface area contributed by atoms with Crippen LogP contribution in [0, 0.1) is 6.92 Å². The third-order valence-electron chi connectivity index (χ3n) is 4.54. The number of anilines is 2. The highest BCUT2D eigenvalue weighted by Gasteiger charge is 2.13. The van der Waals surface area contributed by atoms with Gasteiger partial charge in [-0.2, -0.15) is 0 Å². The molecule has 0 fully saturated rings. The predicted molar refractivity (Wildman–Crippen MR) is 127 cm³/mol. The molecule has 0 aliphatic heterocycles. The molecule has 162 valence electrons. The Kier molecular flexibility index (Phi) is 7.30. The molecule has 0 aromatic heterocycles. The highest BCUT2D eigenvalue weighted by molar-refractivity contribution is 7.80. The summed E-state index contributed by atoms with van der Waals surface area (Å²) in [6, 6.07) is 20.4. The molecule has 3 N–H and O–H groups in total. The summed E-state index contributed by atoms with van der Waals surface area (Å²) in [6.45, 7) is 1.85. The molecule has 3 aromatic carbocycles. The number of ether oxygens (including phenoxy) is 1. The lowest BCUT2D eigenvalue weighted by atomic mass is 10.1. The first-order valence-corrected chi connectivity index (χ1v) is 10.1. The quantitative estimate of drug-likeness (QED) is 0.401. The molecule has 0 saturated heterocycles. The number of thiocarbonyl (C=S) groups is 1. The van der Waals surface area contributed by atoms with E-state index in [4.69, 9.17) is 12.2 Å². The second kappa shape index (κ2) is 10.3. The molecule has 32 heavy (non-hydrogen) atoms. The number of methoxy groups -OCH3 is 1. The predicted octanol–water partition coefficient (Wildman–Crippen LogP) is 4.16. The van der Waals surface area contributed by atoms with Crippen molar-refractivity contribution in [3.05, 3.63) is 95.1 Å². The monoisotopic (exact) mass is 447 g/mol. The van der Waals surface area contributed by atoms with Crippen LogP contribution < -0.4 is 16.0 Å². The Morgan fingerprint density at radius 2 is 1.47 bits per heavy atom. The zero-order valence-corrected chi connectivity index (χ0v) is 18.3. The fraction of sp³-hybridized carbons (Fsp3) is 0.0833. The normalized spacial score (nSPS) is 10.1. The smallest absolute Gasteiger partial charge is 0.337 e.